The van der Waals surface area contributed by atoms with Crippen molar-refractivity contribution in [3.05, 3.63) is 18.2 Å². The summed E-state index contributed by atoms with van der Waals surface area (Å²) < 4.78 is 0. The summed E-state index contributed by atoms with van der Waals surface area (Å²) in [7, 11) is 0. The SMILES string of the molecule is CCC1(CC)CCN(c2ccc(N)c(N)c2)C1. The molecule has 1 heterocycles. The third kappa shape index (κ3) is 2.19. The normalized spacial score (nSPS) is 18.6. The highest BCUT2D eigenvalue weighted by atomic mass is 15.2. The number of benzene rings is 1. The Morgan fingerprint density at radius 3 is 2.41 bits per heavy atom. The van der Waals surface area contributed by atoms with Gasteiger partial charge in [0, 0.05) is 18.8 Å². The van der Waals surface area contributed by atoms with E-state index in [-0.39, 0.29) is 0 Å². The molecule has 0 radical (unpaired) electrons. The van der Waals surface area contributed by atoms with Crippen LogP contribution in [0.1, 0.15) is 33.1 Å². The van der Waals surface area contributed by atoms with Crippen LogP contribution in [0.5, 0.6) is 0 Å². The highest BCUT2D eigenvalue weighted by Crippen LogP contribution is 2.39. The van der Waals surface area contributed by atoms with Gasteiger partial charge in [-0.25, -0.2) is 0 Å². The zero-order valence-corrected chi connectivity index (χ0v) is 10.9. The standard InChI is InChI=1S/C14H23N3/c1-3-14(4-2)7-8-17(10-14)11-5-6-12(15)13(16)9-11/h5-6,9H,3-4,7-8,10,15-16H2,1-2H3. The van der Waals surface area contributed by atoms with Crippen molar-refractivity contribution in [1.29, 1.82) is 0 Å². The third-order valence-electron chi connectivity index (χ3n) is 4.37. The van der Waals surface area contributed by atoms with Gasteiger partial charge in [-0.15, -0.1) is 0 Å². The molecule has 3 heteroatoms. The summed E-state index contributed by atoms with van der Waals surface area (Å²) in [6, 6.07) is 5.98. The molecule has 0 unspecified atom stereocenters. The number of hydrogen-bond donors (Lipinski definition) is 2. The lowest BCUT2D eigenvalue weighted by Crippen LogP contribution is -2.26. The van der Waals surface area contributed by atoms with E-state index in [1.54, 1.807) is 0 Å². The first-order valence-corrected chi connectivity index (χ1v) is 6.50. The van der Waals surface area contributed by atoms with Gasteiger partial charge in [0.2, 0.25) is 0 Å². The van der Waals surface area contributed by atoms with E-state index in [0.717, 1.165) is 13.1 Å². The van der Waals surface area contributed by atoms with Crippen LogP contribution >= 0.6 is 0 Å². The van der Waals surface area contributed by atoms with Crippen molar-refractivity contribution in [1.82, 2.24) is 0 Å². The number of hydrogen-bond acceptors (Lipinski definition) is 3. The summed E-state index contributed by atoms with van der Waals surface area (Å²) in [5.74, 6) is 0. The van der Waals surface area contributed by atoms with Gasteiger partial charge in [-0.3, -0.25) is 0 Å². The fraction of sp³-hybridized carbons (Fsp3) is 0.571. The fourth-order valence-electron chi connectivity index (χ4n) is 2.74. The van der Waals surface area contributed by atoms with Crippen LogP contribution in [0, 0.1) is 5.41 Å². The van der Waals surface area contributed by atoms with Gasteiger partial charge in [-0.2, -0.15) is 0 Å². The first kappa shape index (κ1) is 12.1. The molecule has 94 valence electrons. The molecule has 1 aliphatic heterocycles. The maximum absolute atomic E-state index is 5.87. The quantitative estimate of drug-likeness (QED) is 0.789. The second-order valence-corrected chi connectivity index (χ2v) is 5.19. The van der Waals surface area contributed by atoms with E-state index < -0.39 is 0 Å². The highest BCUT2D eigenvalue weighted by Gasteiger charge is 2.34. The molecule has 1 aromatic rings. The van der Waals surface area contributed by atoms with Crippen molar-refractivity contribution in [2.24, 2.45) is 5.41 Å². The third-order valence-corrected chi connectivity index (χ3v) is 4.37. The van der Waals surface area contributed by atoms with Crippen LogP contribution in [0.2, 0.25) is 0 Å². The number of anilines is 3. The summed E-state index contributed by atoms with van der Waals surface area (Å²) in [4.78, 5) is 2.43. The second kappa shape index (κ2) is 4.47. The Labute approximate surface area is 104 Å². The molecule has 17 heavy (non-hydrogen) atoms. The minimum atomic E-state index is 0.496. The Morgan fingerprint density at radius 2 is 1.88 bits per heavy atom. The molecule has 0 amide bonds. The van der Waals surface area contributed by atoms with Crippen molar-refractivity contribution in [2.75, 3.05) is 29.5 Å². The molecule has 2 rings (SSSR count). The maximum atomic E-state index is 5.87. The Balaban J connectivity index is 2.17. The van der Waals surface area contributed by atoms with Crippen molar-refractivity contribution in [2.45, 2.75) is 33.1 Å². The molecule has 3 nitrogen and oxygen atoms in total. The summed E-state index contributed by atoms with van der Waals surface area (Å²) in [6.45, 7) is 6.86. The molecule has 1 fully saturated rings. The molecule has 1 aliphatic rings. The molecule has 1 aromatic carbocycles. The predicted molar refractivity (Wildman–Crippen MR) is 75.1 cm³/mol. The topological polar surface area (TPSA) is 55.3 Å². The first-order valence-electron chi connectivity index (χ1n) is 6.50. The smallest absolute Gasteiger partial charge is 0.0568 e. The Morgan fingerprint density at radius 1 is 1.18 bits per heavy atom. The highest BCUT2D eigenvalue weighted by molar-refractivity contribution is 5.70. The molecule has 0 atom stereocenters. The fourth-order valence-corrected chi connectivity index (χ4v) is 2.74. The van der Waals surface area contributed by atoms with E-state index in [1.807, 2.05) is 12.1 Å². The van der Waals surface area contributed by atoms with Gasteiger partial charge >= 0.3 is 0 Å². The van der Waals surface area contributed by atoms with Crippen LogP contribution in [0.15, 0.2) is 18.2 Å². The second-order valence-electron chi connectivity index (χ2n) is 5.19. The molecule has 0 bridgehead atoms. The van der Waals surface area contributed by atoms with E-state index >= 15 is 0 Å². The minimum Gasteiger partial charge on any atom is -0.397 e. The minimum absolute atomic E-state index is 0.496. The predicted octanol–water partition coefficient (Wildman–Crippen LogP) is 2.87. The van der Waals surface area contributed by atoms with Crippen molar-refractivity contribution < 1.29 is 0 Å². The number of nitrogens with two attached hydrogens (primary N) is 2. The van der Waals surface area contributed by atoms with E-state index in [2.05, 4.69) is 24.8 Å². The molecular formula is C14H23N3. The van der Waals surface area contributed by atoms with Crippen molar-refractivity contribution >= 4 is 17.1 Å². The van der Waals surface area contributed by atoms with Gasteiger partial charge in [0.1, 0.15) is 0 Å². The van der Waals surface area contributed by atoms with E-state index in [9.17, 15) is 0 Å². The lowest BCUT2D eigenvalue weighted by atomic mass is 9.82. The monoisotopic (exact) mass is 233 g/mol. The van der Waals surface area contributed by atoms with Crippen LogP contribution in [0.4, 0.5) is 17.1 Å². The van der Waals surface area contributed by atoms with Crippen molar-refractivity contribution in [3.8, 4) is 0 Å². The summed E-state index contributed by atoms with van der Waals surface area (Å²) in [6.07, 6.45) is 3.79. The van der Waals surface area contributed by atoms with Crippen LogP contribution in [0.25, 0.3) is 0 Å². The van der Waals surface area contributed by atoms with Gasteiger partial charge in [0.05, 0.1) is 11.4 Å². The lowest BCUT2D eigenvalue weighted by Gasteiger charge is -2.27. The molecule has 0 aromatic heterocycles. The van der Waals surface area contributed by atoms with E-state index in [0.29, 0.717) is 16.8 Å². The average Bonchev–Trinajstić information content (AvgIpc) is 2.78. The Hall–Kier alpha value is -1.38. The lowest BCUT2D eigenvalue weighted by molar-refractivity contribution is 0.301. The largest absolute Gasteiger partial charge is 0.397 e. The van der Waals surface area contributed by atoms with Gasteiger partial charge in [-0.1, -0.05) is 13.8 Å². The summed E-state index contributed by atoms with van der Waals surface area (Å²) >= 11 is 0. The number of nitrogens with zero attached hydrogens (tertiary/aromatic N) is 1. The Bertz CT molecular complexity index is 396. The molecule has 0 saturated carbocycles. The van der Waals surface area contributed by atoms with E-state index in [4.69, 9.17) is 11.5 Å². The van der Waals surface area contributed by atoms with Gasteiger partial charge < -0.3 is 16.4 Å². The first-order chi connectivity index (χ1) is 8.10. The van der Waals surface area contributed by atoms with Gasteiger partial charge in [-0.05, 0) is 42.9 Å². The summed E-state index contributed by atoms with van der Waals surface area (Å²) in [5.41, 5.74) is 14.7. The zero-order chi connectivity index (χ0) is 12.5. The maximum Gasteiger partial charge on any atom is 0.0568 e. The van der Waals surface area contributed by atoms with Crippen molar-refractivity contribution in [3.63, 3.8) is 0 Å². The molecular weight excluding hydrogens is 210 g/mol. The van der Waals surface area contributed by atoms with Crippen LogP contribution in [-0.2, 0) is 0 Å². The van der Waals surface area contributed by atoms with Gasteiger partial charge in [0.15, 0.2) is 0 Å². The molecule has 4 N–H and O–H groups in total. The molecule has 0 aliphatic carbocycles. The Kier molecular flexibility index (Phi) is 3.18. The van der Waals surface area contributed by atoms with Crippen LogP contribution < -0.4 is 16.4 Å². The average molecular weight is 233 g/mol. The van der Waals surface area contributed by atoms with Gasteiger partial charge in [0.25, 0.3) is 0 Å². The van der Waals surface area contributed by atoms with Crippen LogP contribution in [-0.4, -0.2) is 13.1 Å². The number of rotatable bonds is 3. The molecule has 0 spiro atoms. The summed E-state index contributed by atoms with van der Waals surface area (Å²) in [5, 5.41) is 0. The molecule has 1 saturated heterocycles. The van der Waals surface area contributed by atoms with Crippen LogP contribution in [0.3, 0.4) is 0 Å². The van der Waals surface area contributed by atoms with E-state index in [1.165, 1.54) is 24.9 Å². The zero-order valence-electron chi connectivity index (χ0n) is 10.9. The number of nitrogen functional groups attached to an aromatic ring is 2.